The zero-order valence-corrected chi connectivity index (χ0v) is 10.2. The van der Waals surface area contributed by atoms with Crippen LogP contribution in [0.2, 0.25) is 0 Å². The van der Waals surface area contributed by atoms with E-state index in [4.69, 9.17) is 5.11 Å². The SMILES string of the molecule is Cc1cccc(NC(=O)[C@H]2CCCN2)c1C(=O)O. The largest absolute Gasteiger partial charge is 0.478 e. The molecule has 1 atom stereocenters. The van der Waals surface area contributed by atoms with Gasteiger partial charge in [0.1, 0.15) is 0 Å². The van der Waals surface area contributed by atoms with Crippen LogP contribution in [0.5, 0.6) is 0 Å². The summed E-state index contributed by atoms with van der Waals surface area (Å²) in [6, 6.07) is 4.85. The molecule has 2 rings (SSSR count). The van der Waals surface area contributed by atoms with Crippen LogP contribution in [0.1, 0.15) is 28.8 Å². The minimum absolute atomic E-state index is 0.156. The minimum Gasteiger partial charge on any atom is -0.478 e. The molecule has 0 radical (unpaired) electrons. The molecule has 1 aromatic carbocycles. The van der Waals surface area contributed by atoms with Crippen molar-refractivity contribution < 1.29 is 14.7 Å². The fraction of sp³-hybridized carbons (Fsp3) is 0.385. The number of carboxylic acids is 1. The van der Waals surface area contributed by atoms with E-state index < -0.39 is 5.97 Å². The van der Waals surface area contributed by atoms with Crippen molar-refractivity contribution in [2.45, 2.75) is 25.8 Å². The molecule has 1 heterocycles. The summed E-state index contributed by atoms with van der Waals surface area (Å²) in [7, 11) is 0. The molecule has 1 fully saturated rings. The van der Waals surface area contributed by atoms with Crippen LogP contribution in [0.25, 0.3) is 0 Å². The fourth-order valence-electron chi connectivity index (χ4n) is 2.18. The Kier molecular flexibility index (Phi) is 3.62. The van der Waals surface area contributed by atoms with Crippen molar-refractivity contribution in [2.24, 2.45) is 0 Å². The highest BCUT2D eigenvalue weighted by Gasteiger charge is 2.23. The molecule has 3 N–H and O–H groups in total. The van der Waals surface area contributed by atoms with Gasteiger partial charge < -0.3 is 15.7 Å². The number of anilines is 1. The van der Waals surface area contributed by atoms with Crippen molar-refractivity contribution in [3.8, 4) is 0 Å². The summed E-state index contributed by atoms with van der Waals surface area (Å²) in [5, 5.41) is 14.9. The summed E-state index contributed by atoms with van der Waals surface area (Å²) < 4.78 is 0. The highest BCUT2D eigenvalue weighted by atomic mass is 16.4. The molecule has 1 aliphatic rings. The molecular formula is C13H16N2O3. The van der Waals surface area contributed by atoms with Crippen molar-refractivity contribution in [3.63, 3.8) is 0 Å². The standard InChI is InChI=1S/C13H16N2O3/c1-8-4-2-5-9(11(8)13(17)18)15-12(16)10-6-3-7-14-10/h2,4-5,10,14H,3,6-7H2,1H3,(H,15,16)(H,17,18)/t10-/m1/s1. The van der Waals surface area contributed by atoms with Gasteiger partial charge in [-0.05, 0) is 37.9 Å². The topological polar surface area (TPSA) is 78.4 Å². The predicted octanol–water partition coefficient (Wildman–Crippen LogP) is 1.38. The molecule has 5 heteroatoms. The van der Waals surface area contributed by atoms with Crippen molar-refractivity contribution in [2.75, 3.05) is 11.9 Å². The highest BCUT2D eigenvalue weighted by Crippen LogP contribution is 2.20. The zero-order chi connectivity index (χ0) is 13.1. The number of hydrogen-bond acceptors (Lipinski definition) is 3. The number of carbonyl (C=O) groups is 2. The Hall–Kier alpha value is -1.88. The Morgan fingerprint density at radius 3 is 2.83 bits per heavy atom. The average molecular weight is 248 g/mol. The summed E-state index contributed by atoms with van der Waals surface area (Å²) in [5.74, 6) is -1.19. The number of carboxylic acid groups (broad SMARTS) is 1. The highest BCUT2D eigenvalue weighted by molar-refractivity contribution is 6.03. The van der Waals surface area contributed by atoms with Crippen molar-refractivity contribution >= 4 is 17.6 Å². The minimum atomic E-state index is -1.03. The van der Waals surface area contributed by atoms with Crippen LogP contribution < -0.4 is 10.6 Å². The van der Waals surface area contributed by atoms with E-state index in [2.05, 4.69) is 10.6 Å². The van der Waals surface area contributed by atoms with Gasteiger partial charge in [-0.15, -0.1) is 0 Å². The Balaban J connectivity index is 2.20. The van der Waals surface area contributed by atoms with Gasteiger partial charge in [0.25, 0.3) is 0 Å². The molecule has 0 aromatic heterocycles. The number of nitrogens with one attached hydrogen (secondary N) is 2. The van der Waals surface area contributed by atoms with E-state index in [9.17, 15) is 9.59 Å². The normalized spacial score (nSPS) is 18.6. The molecule has 1 saturated heterocycles. The molecule has 96 valence electrons. The number of benzene rings is 1. The van der Waals surface area contributed by atoms with Gasteiger partial charge in [-0.25, -0.2) is 4.79 Å². The van der Waals surface area contributed by atoms with Crippen LogP contribution in [0.4, 0.5) is 5.69 Å². The smallest absolute Gasteiger partial charge is 0.338 e. The van der Waals surface area contributed by atoms with Gasteiger partial charge in [0.15, 0.2) is 0 Å². The number of rotatable bonds is 3. The van der Waals surface area contributed by atoms with E-state index in [-0.39, 0.29) is 17.5 Å². The van der Waals surface area contributed by atoms with Crippen molar-refractivity contribution in [3.05, 3.63) is 29.3 Å². The maximum absolute atomic E-state index is 11.9. The van der Waals surface area contributed by atoms with Crippen molar-refractivity contribution in [1.82, 2.24) is 5.32 Å². The van der Waals surface area contributed by atoms with Crippen LogP contribution in [0.15, 0.2) is 18.2 Å². The Bertz CT molecular complexity index is 479. The summed E-state index contributed by atoms with van der Waals surface area (Å²) in [4.78, 5) is 23.1. The maximum Gasteiger partial charge on any atom is 0.338 e. The lowest BCUT2D eigenvalue weighted by Gasteiger charge is -2.14. The molecule has 1 aromatic rings. The molecule has 0 unspecified atom stereocenters. The second-order valence-corrected chi connectivity index (χ2v) is 4.44. The molecule has 0 spiro atoms. The van der Waals surface area contributed by atoms with Gasteiger partial charge >= 0.3 is 5.97 Å². The summed E-state index contributed by atoms with van der Waals surface area (Å²) in [6.07, 6.45) is 1.76. The number of hydrogen-bond donors (Lipinski definition) is 3. The molecule has 1 amide bonds. The van der Waals surface area contributed by atoms with E-state index in [0.717, 1.165) is 19.4 Å². The fourth-order valence-corrected chi connectivity index (χ4v) is 2.18. The predicted molar refractivity (Wildman–Crippen MR) is 67.8 cm³/mol. The lowest BCUT2D eigenvalue weighted by atomic mass is 10.1. The maximum atomic E-state index is 11.9. The van der Waals surface area contributed by atoms with Crippen LogP contribution >= 0.6 is 0 Å². The van der Waals surface area contributed by atoms with Crippen LogP contribution in [-0.4, -0.2) is 29.6 Å². The van der Waals surface area contributed by atoms with Crippen LogP contribution in [-0.2, 0) is 4.79 Å². The van der Waals surface area contributed by atoms with E-state index in [0.29, 0.717) is 11.3 Å². The van der Waals surface area contributed by atoms with Gasteiger partial charge in [0.05, 0.1) is 17.3 Å². The number of aryl methyl sites for hydroxylation is 1. The van der Waals surface area contributed by atoms with Gasteiger partial charge in [0.2, 0.25) is 5.91 Å². The molecule has 1 aliphatic heterocycles. The zero-order valence-electron chi connectivity index (χ0n) is 10.2. The van der Waals surface area contributed by atoms with Gasteiger partial charge in [-0.3, -0.25) is 4.79 Å². The second-order valence-electron chi connectivity index (χ2n) is 4.44. The lowest BCUT2D eigenvalue weighted by Crippen LogP contribution is -2.35. The summed E-state index contributed by atoms with van der Waals surface area (Å²) >= 11 is 0. The van der Waals surface area contributed by atoms with E-state index in [1.165, 1.54) is 0 Å². The van der Waals surface area contributed by atoms with Gasteiger partial charge in [-0.2, -0.15) is 0 Å². The Morgan fingerprint density at radius 2 is 2.22 bits per heavy atom. The lowest BCUT2D eigenvalue weighted by molar-refractivity contribution is -0.117. The molecule has 0 aliphatic carbocycles. The van der Waals surface area contributed by atoms with Gasteiger partial charge in [-0.1, -0.05) is 12.1 Å². The average Bonchev–Trinajstić information content (AvgIpc) is 2.81. The molecule has 0 saturated carbocycles. The third-order valence-corrected chi connectivity index (χ3v) is 3.12. The van der Waals surface area contributed by atoms with E-state index in [1.807, 2.05) is 0 Å². The molecule has 0 bridgehead atoms. The summed E-state index contributed by atoms with van der Waals surface area (Å²) in [5.41, 5.74) is 1.16. The first-order chi connectivity index (χ1) is 8.59. The quantitative estimate of drug-likeness (QED) is 0.755. The first-order valence-electron chi connectivity index (χ1n) is 5.97. The first-order valence-corrected chi connectivity index (χ1v) is 5.97. The Labute approximate surface area is 105 Å². The number of aromatic carboxylic acids is 1. The Morgan fingerprint density at radius 1 is 1.44 bits per heavy atom. The number of carbonyl (C=O) groups excluding carboxylic acids is 1. The third kappa shape index (κ3) is 2.51. The second kappa shape index (κ2) is 5.18. The molecular weight excluding hydrogens is 232 g/mol. The third-order valence-electron chi connectivity index (χ3n) is 3.12. The summed E-state index contributed by atoms with van der Waals surface area (Å²) in [6.45, 7) is 2.55. The first kappa shape index (κ1) is 12.6. The van der Waals surface area contributed by atoms with Crippen LogP contribution in [0.3, 0.4) is 0 Å². The van der Waals surface area contributed by atoms with Crippen LogP contribution in [0, 0.1) is 6.92 Å². The molecule has 5 nitrogen and oxygen atoms in total. The number of amides is 1. The van der Waals surface area contributed by atoms with Gasteiger partial charge in [0, 0.05) is 0 Å². The van der Waals surface area contributed by atoms with Crippen molar-refractivity contribution in [1.29, 1.82) is 0 Å². The molecule has 18 heavy (non-hydrogen) atoms. The monoisotopic (exact) mass is 248 g/mol. The van der Waals surface area contributed by atoms with E-state index in [1.54, 1.807) is 25.1 Å². The van der Waals surface area contributed by atoms with E-state index >= 15 is 0 Å².